The van der Waals surface area contributed by atoms with Gasteiger partial charge in [0.05, 0.1) is 6.61 Å². The van der Waals surface area contributed by atoms with Gasteiger partial charge in [-0.1, -0.05) is 6.92 Å². The Morgan fingerprint density at radius 1 is 1.31 bits per heavy atom. The molecule has 0 aliphatic carbocycles. The van der Waals surface area contributed by atoms with Crippen LogP contribution in [-0.4, -0.2) is 30.1 Å². The van der Waals surface area contributed by atoms with Crippen molar-refractivity contribution in [3.63, 3.8) is 0 Å². The first-order valence-electron chi connectivity index (χ1n) is 4.34. The molecule has 0 heterocycles. The Kier molecular flexibility index (Phi) is 12.5. The summed E-state index contributed by atoms with van der Waals surface area (Å²) >= 11 is 0. The minimum Gasteiger partial charge on any atom is -0.466 e. The van der Waals surface area contributed by atoms with Crippen molar-refractivity contribution in [1.82, 2.24) is 0 Å². The molecule has 0 bridgehead atoms. The fourth-order valence-corrected chi connectivity index (χ4v) is 0.415. The molecular formula is C9H18O4. The van der Waals surface area contributed by atoms with Crippen LogP contribution in [0.2, 0.25) is 0 Å². The third-order valence-electron chi connectivity index (χ3n) is 0.922. The number of rotatable bonds is 4. The number of carbonyl (C=O) groups excluding carboxylic acids is 2. The van der Waals surface area contributed by atoms with E-state index in [4.69, 9.17) is 5.11 Å². The van der Waals surface area contributed by atoms with Crippen molar-refractivity contribution in [2.75, 3.05) is 13.2 Å². The molecule has 1 N–H and O–H groups in total. The summed E-state index contributed by atoms with van der Waals surface area (Å²) in [6, 6.07) is 0. The zero-order valence-corrected chi connectivity index (χ0v) is 8.50. The van der Waals surface area contributed by atoms with Crippen LogP contribution in [0.15, 0.2) is 0 Å². The quantitative estimate of drug-likeness (QED) is 0.529. The zero-order valence-electron chi connectivity index (χ0n) is 8.50. The summed E-state index contributed by atoms with van der Waals surface area (Å²) in [6.07, 6.45) is 0.772. The molecule has 0 aromatic rings. The van der Waals surface area contributed by atoms with Crippen LogP contribution >= 0.6 is 0 Å². The first-order chi connectivity index (χ1) is 6.08. The van der Waals surface area contributed by atoms with Gasteiger partial charge >= 0.3 is 5.97 Å². The topological polar surface area (TPSA) is 63.6 Å². The lowest BCUT2D eigenvalue weighted by Crippen LogP contribution is -2.07. The smallest absolute Gasteiger partial charge is 0.313 e. The molecule has 0 aromatic carbocycles. The Morgan fingerprint density at radius 2 is 1.77 bits per heavy atom. The number of Topliss-reactive ketones (excluding diaryl/α,β-unsaturated/α-hetero) is 1. The van der Waals surface area contributed by atoms with Crippen LogP contribution in [0.5, 0.6) is 0 Å². The second-order valence-corrected chi connectivity index (χ2v) is 2.41. The van der Waals surface area contributed by atoms with Gasteiger partial charge in [0, 0.05) is 6.61 Å². The van der Waals surface area contributed by atoms with Crippen molar-refractivity contribution < 1.29 is 19.4 Å². The highest BCUT2D eigenvalue weighted by atomic mass is 16.5. The van der Waals surface area contributed by atoms with Gasteiger partial charge in [0.1, 0.15) is 12.2 Å². The summed E-state index contributed by atoms with van der Waals surface area (Å²) in [7, 11) is 0. The van der Waals surface area contributed by atoms with Crippen LogP contribution < -0.4 is 0 Å². The molecule has 0 unspecified atom stereocenters. The predicted molar refractivity (Wildman–Crippen MR) is 49.3 cm³/mol. The average Bonchev–Trinajstić information content (AvgIpc) is 2.04. The van der Waals surface area contributed by atoms with Crippen molar-refractivity contribution in [2.24, 2.45) is 0 Å². The molecule has 0 saturated heterocycles. The van der Waals surface area contributed by atoms with E-state index in [1.54, 1.807) is 6.92 Å². The monoisotopic (exact) mass is 190 g/mol. The van der Waals surface area contributed by atoms with Crippen molar-refractivity contribution in [3.05, 3.63) is 0 Å². The maximum absolute atomic E-state index is 10.4. The van der Waals surface area contributed by atoms with Gasteiger partial charge in [0.15, 0.2) is 0 Å². The molecular weight excluding hydrogens is 172 g/mol. The molecule has 0 fully saturated rings. The molecule has 0 amide bonds. The fourth-order valence-electron chi connectivity index (χ4n) is 0.415. The maximum Gasteiger partial charge on any atom is 0.313 e. The van der Waals surface area contributed by atoms with Gasteiger partial charge in [-0.2, -0.15) is 0 Å². The molecule has 0 aromatic heterocycles. The Morgan fingerprint density at radius 3 is 2.00 bits per heavy atom. The highest BCUT2D eigenvalue weighted by molar-refractivity contribution is 5.94. The summed E-state index contributed by atoms with van der Waals surface area (Å²) < 4.78 is 4.49. The summed E-state index contributed by atoms with van der Waals surface area (Å²) in [4.78, 5) is 20.6. The molecule has 0 spiro atoms. The van der Waals surface area contributed by atoms with E-state index in [1.165, 1.54) is 6.92 Å². The van der Waals surface area contributed by atoms with Gasteiger partial charge in [-0.15, -0.1) is 0 Å². The lowest BCUT2D eigenvalue weighted by atomic mass is 10.3. The summed E-state index contributed by atoms with van der Waals surface area (Å²) in [6.45, 7) is 5.65. The third kappa shape index (κ3) is 18.2. The molecule has 0 aliphatic rings. The number of hydrogen-bond donors (Lipinski definition) is 1. The third-order valence-corrected chi connectivity index (χ3v) is 0.922. The summed E-state index contributed by atoms with van der Waals surface area (Å²) in [5.74, 6) is -0.599. The Balaban J connectivity index is 0. The first-order valence-corrected chi connectivity index (χ1v) is 4.34. The molecule has 0 aliphatic heterocycles. The minimum atomic E-state index is -0.440. The van der Waals surface area contributed by atoms with Gasteiger partial charge in [-0.3, -0.25) is 9.59 Å². The predicted octanol–water partition coefficient (Wildman–Crippen LogP) is 0.917. The van der Waals surface area contributed by atoms with E-state index >= 15 is 0 Å². The van der Waals surface area contributed by atoms with Crippen LogP contribution in [0.3, 0.4) is 0 Å². The van der Waals surface area contributed by atoms with Gasteiger partial charge in [0.25, 0.3) is 0 Å². The Bertz CT molecular complexity index is 141. The fraction of sp³-hybridized carbons (Fsp3) is 0.778. The Labute approximate surface area is 78.9 Å². The van der Waals surface area contributed by atoms with Crippen LogP contribution in [0, 0.1) is 0 Å². The second kappa shape index (κ2) is 11.1. The largest absolute Gasteiger partial charge is 0.466 e. The zero-order chi connectivity index (χ0) is 10.7. The van der Waals surface area contributed by atoms with E-state index in [2.05, 4.69) is 4.74 Å². The summed E-state index contributed by atoms with van der Waals surface area (Å²) in [5.41, 5.74) is 0. The standard InChI is InChI=1S/C6H10O3.C3H8O/c1-3-9-6(8)4-5(2)7;1-2-3-4/h3-4H2,1-2H3;4H,2-3H2,1H3. The average molecular weight is 190 g/mol. The number of ketones is 1. The van der Waals surface area contributed by atoms with Crippen LogP contribution in [0.1, 0.15) is 33.6 Å². The first kappa shape index (κ1) is 14.6. The van der Waals surface area contributed by atoms with Crippen LogP contribution in [0.4, 0.5) is 0 Å². The van der Waals surface area contributed by atoms with Gasteiger partial charge in [-0.25, -0.2) is 0 Å². The van der Waals surface area contributed by atoms with E-state index in [0.717, 1.165) is 6.42 Å². The molecule has 4 heteroatoms. The number of aliphatic hydroxyl groups excluding tert-OH is 1. The van der Waals surface area contributed by atoms with Gasteiger partial charge in [0.2, 0.25) is 0 Å². The van der Waals surface area contributed by atoms with Crippen molar-refractivity contribution >= 4 is 11.8 Å². The number of ether oxygens (including phenoxy) is 1. The number of aliphatic hydroxyl groups is 1. The molecule has 0 radical (unpaired) electrons. The number of carbonyl (C=O) groups is 2. The van der Waals surface area contributed by atoms with Crippen molar-refractivity contribution in [2.45, 2.75) is 33.6 Å². The number of esters is 1. The van der Waals surface area contributed by atoms with E-state index in [9.17, 15) is 9.59 Å². The van der Waals surface area contributed by atoms with Crippen LogP contribution in [0.25, 0.3) is 0 Å². The van der Waals surface area contributed by atoms with Gasteiger partial charge < -0.3 is 9.84 Å². The minimum absolute atomic E-state index is 0.103. The molecule has 78 valence electrons. The molecule has 0 rings (SSSR count). The molecule has 4 nitrogen and oxygen atoms in total. The maximum atomic E-state index is 10.4. The van der Waals surface area contributed by atoms with Crippen molar-refractivity contribution in [3.8, 4) is 0 Å². The van der Waals surface area contributed by atoms with E-state index < -0.39 is 5.97 Å². The SMILES string of the molecule is CCCO.CCOC(=O)CC(C)=O. The summed E-state index contributed by atoms with van der Waals surface area (Å²) in [5, 5.41) is 7.88. The van der Waals surface area contributed by atoms with E-state index in [0.29, 0.717) is 13.2 Å². The van der Waals surface area contributed by atoms with E-state index in [1.807, 2.05) is 6.92 Å². The lowest BCUT2D eigenvalue weighted by molar-refractivity contribution is -0.145. The van der Waals surface area contributed by atoms with Gasteiger partial charge in [-0.05, 0) is 20.3 Å². The van der Waals surface area contributed by atoms with Crippen LogP contribution in [-0.2, 0) is 14.3 Å². The molecule has 0 saturated carbocycles. The molecule has 13 heavy (non-hydrogen) atoms. The molecule has 0 atom stereocenters. The second-order valence-electron chi connectivity index (χ2n) is 2.41. The van der Waals surface area contributed by atoms with Crippen molar-refractivity contribution in [1.29, 1.82) is 0 Å². The van der Waals surface area contributed by atoms with E-state index in [-0.39, 0.29) is 12.2 Å². The highest BCUT2D eigenvalue weighted by Gasteiger charge is 2.03. The Hall–Kier alpha value is -0.900. The normalized spacial score (nSPS) is 8.31. The lowest BCUT2D eigenvalue weighted by Gasteiger charge is -1.96. The highest BCUT2D eigenvalue weighted by Crippen LogP contribution is 1.86. The number of hydrogen-bond acceptors (Lipinski definition) is 4.